The molecule has 0 spiro atoms. The Bertz CT molecular complexity index is 825. The quantitative estimate of drug-likeness (QED) is 0.598. The highest BCUT2D eigenvalue weighted by Crippen LogP contribution is 2.33. The van der Waals surface area contributed by atoms with Crippen molar-refractivity contribution in [2.45, 2.75) is 6.92 Å². The second-order valence-corrected chi connectivity index (χ2v) is 7.74. The molecule has 0 unspecified atom stereocenters. The first-order valence-corrected chi connectivity index (χ1v) is 8.57. The van der Waals surface area contributed by atoms with Gasteiger partial charge in [-0.3, -0.25) is 9.78 Å². The maximum absolute atomic E-state index is 12.3. The maximum Gasteiger partial charge on any atom is 0.265 e. The first-order valence-electron chi connectivity index (χ1n) is 6.17. The van der Waals surface area contributed by atoms with Crippen LogP contribution in [-0.4, -0.2) is 10.9 Å². The minimum absolute atomic E-state index is 0.137. The summed E-state index contributed by atoms with van der Waals surface area (Å²) in [7, 11) is 0. The van der Waals surface area contributed by atoms with E-state index in [4.69, 9.17) is 0 Å². The second kappa shape index (κ2) is 5.87. The lowest BCUT2D eigenvalue weighted by atomic mass is 10.1. The van der Waals surface area contributed by atoms with E-state index in [1.807, 2.05) is 37.3 Å². The summed E-state index contributed by atoms with van der Waals surface area (Å²) in [6, 6.07) is 11.5. The fraction of sp³-hybridized carbons (Fsp3) is 0.0667. The molecular formula is C15H10Br2N2OS. The first-order chi connectivity index (χ1) is 10.0. The van der Waals surface area contributed by atoms with Crippen molar-refractivity contribution in [3.8, 4) is 0 Å². The topological polar surface area (TPSA) is 42.0 Å². The van der Waals surface area contributed by atoms with Gasteiger partial charge in [0.25, 0.3) is 5.91 Å². The third kappa shape index (κ3) is 3.02. The van der Waals surface area contributed by atoms with Crippen molar-refractivity contribution in [3.63, 3.8) is 0 Å². The molecule has 1 aromatic carbocycles. The van der Waals surface area contributed by atoms with E-state index < -0.39 is 0 Å². The summed E-state index contributed by atoms with van der Waals surface area (Å²) < 4.78 is 1.78. The molecule has 106 valence electrons. The van der Waals surface area contributed by atoms with Crippen LogP contribution in [0.5, 0.6) is 0 Å². The van der Waals surface area contributed by atoms with Crippen LogP contribution in [0.2, 0.25) is 0 Å². The highest BCUT2D eigenvalue weighted by atomic mass is 79.9. The van der Waals surface area contributed by atoms with Gasteiger partial charge in [0.05, 0.1) is 19.9 Å². The molecule has 3 rings (SSSR count). The molecule has 0 saturated heterocycles. The Balaban J connectivity index is 1.98. The van der Waals surface area contributed by atoms with Gasteiger partial charge in [0.1, 0.15) is 0 Å². The number of aryl methyl sites for hydroxylation is 1. The van der Waals surface area contributed by atoms with Crippen molar-refractivity contribution in [3.05, 3.63) is 55.2 Å². The van der Waals surface area contributed by atoms with E-state index in [9.17, 15) is 4.79 Å². The number of hydrogen-bond acceptors (Lipinski definition) is 3. The molecular weight excluding hydrogens is 416 g/mol. The van der Waals surface area contributed by atoms with Crippen molar-refractivity contribution < 1.29 is 4.79 Å². The average Bonchev–Trinajstić information content (AvgIpc) is 2.79. The summed E-state index contributed by atoms with van der Waals surface area (Å²) in [6.07, 6.45) is 0. The molecule has 2 heterocycles. The molecule has 6 heteroatoms. The molecule has 0 aliphatic heterocycles. The molecule has 21 heavy (non-hydrogen) atoms. The minimum Gasteiger partial charge on any atom is -0.319 e. The van der Waals surface area contributed by atoms with Crippen LogP contribution >= 0.6 is 43.2 Å². The van der Waals surface area contributed by atoms with Crippen LogP contribution in [-0.2, 0) is 0 Å². The number of amides is 1. The second-order valence-electron chi connectivity index (χ2n) is 4.52. The third-order valence-electron chi connectivity index (χ3n) is 2.98. The van der Waals surface area contributed by atoms with Gasteiger partial charge in [-0.25, -0.2) is 0 Å². The average molecular weight is 426 g/mol. The molecule has 3 nitrogen and oxygen atoms in total. The number of pyridine rings is 1. The van der Waals surface area contributed by atoms with E-state index in [1.165, 1.54) is 11.3 Å². The Kier molecular flexibility index (Phi) is 4.10. The summed E-state index contributed by atoms with van der Waals surface area (Å²) in [5.41, 5.74) is 2.45. The molecule has 1 amide bonds. The number of para-hydroxylation sites is 1. The van der Waals surface area contributed by atoms with Gasteiger partial charge in [0.15, 0.2) is 0 Å². The summed E-state index contributed by atoms with van der Waals surface area (Å²) in [4.78, 5) is 17.5. The lowest BCUT2D eigenvalue weighted by Crippen LogP contribution is -2.10. The minimum atomic E-state index is -0.137. The van der Waals surface area contributed by atoms with Crippen LogP contribution in [0, 0.1) is 6.92 Å². The van der Waals surface area contributed by atoms with Crippen LogP contribution in [0.3, 0.4) is 0 Å². The Labute approximate surface area is 142 Å². The molecule has 0 radical (unpaired) electrons. The van der Waals surface area contributed by atoms with Crippen molar-refractivity contribution in [1.29, 1.82) is 0 Å². The van der Waals surface area contributed by atoms with E-state index in [-0.39, 0.29) is 5.91 Å². The number of anilines is 1. The van der Waals surface area contributed by atoms with Gasteiger partial charge >= 0.3 is 0 Å². The van der Waals surface area contributed by atoms with Gasteiger partial charge in [0.2, 0.25) is 0 Å². The number of halogens is 2. The molecule has 0 aliphatic rings. The van der Waals surface area contributed by atoms with E-state index >= 15 is 0 Å². The van der Waals surface area contributed by atoms with E-state index in [0.29, 0.717) is 4.88 Å². The number of thiophene rings is 1. The molecule has 0 saturated carbocycles. The lowest BCUT2D eigenvalue weighted by molar-refractivity contribution is 0.103. The Hall–Kier alpha value is -1.24. The van der Waals surface area contributed by atoms with Crippen molar-refractivity contribution in [2.24, 2.45) is 0 Å². The van der Waals surface area contributed by atoms with Gasteiger partial charge in [-0.2, -0.15) is 0 Å². The standard InChI is InChI=1S/C15H10Br2N2OS/c1-8-5-6-9-3-2-4-11(13(9)18-8)19-15(20)12-7-10(16)14(17)21-12/h2-7H,1H3,(H,19,20). The number of nitrogens with one attached hydrogen (secondary N) is 1. The first kappa shape index (κ1) is 14.7. The van der Waals surface area contributed by atoms with Crippen molar-refractivity contribution in [1.82, 2.24) is 4.98 Å². The normalized spacial score (nSPS) is 10.8. The predicted octanol–water partition coefficient (Wildman–Crippen LogP) is 5.38. The predicted molar refractivity (Wildman–Crippen MR) is 94.2 cm³/mol. The Morgan fingerprint density at radius 1 is 1.24 bits per heavy atom. The van der Waals surface area contributed by atoms with Crippen molar-refractivity contribution >= 4 is 65.7 Å². The zero-order valence-corrected chi connectivity index (χ0v) is 15.0. The molecule has 3 aromatic rings. The molecule has 2 aromatic heterocycles. The van der Waals surface area contributed by atoms with E-state index in [1.54, 1.807) is 6.07 Å². The van der Waals surface area contributed by atoms with Crippen LogP contribution in [0.1, 0.15) is 15.4 Å². The number of aromatic nitrogens is 1. The van der Waals surface area contributed by atoms with Crippen LogP contribution in [0.15, 0.2) is 44.7 Å². The van der Waals surface area contributed by atoms with Crippen LogP contribution in [0.4, 0.5) is 5.69 Å². The molecule has 0 atom stereocenters. The van der Waals surface area contributed by atoms with Gasteiger partial charge in [-0.15, -0.1) is 11.3 Å². The highest BCUT2D eigenvalue weighted by molar-refractivity contribution is 9.13. The summed E-state index contributed by atoms with van der Waals surface area (Å²) >= 11 is 8.18. The van der Waals surface area contributed by atoms with Gasteiger partial charge in [-0.05, 0) is 57.0 Å². The third-order valence-corrected chi connectivity index (χ3v) is 6.23. The maximum atomic E-state index is 12.3. The largest absolute Gasteiger partial charge is 0.319 e. The number of nitrogens with zero attached hydrogens (tertiary/aromatic N) is 1. The van der Waals surface area contributed by atoms with Crippen molar-refractivity contribution in [2.75, 3.05) is 5.32 Å². The molecule has 1 N–H and O–H groups in total. The summed E-state index contributed by atoms with van der Waals surface area (Å²) in [6.45, 7) is 1.94. The lowest BCUT2D eigenvalue weighted by Gasteiger charge is -2.07. The highest BCUT2D eigenvalue weighted by Gasteiger charge is 2.13. The summed E-state index contributed by atoms with van der Waals surface area (Å²) in [5.74, 6) is -0.137. The van der Waals surface area contributed by atoms with Crippen LogP contribution < -0.4 is 5.32 Å². The van der Waals surface area contributed by atoms with Gasteiger partial charge in [-0.1, -0.05) is 18.2 Å². The Morgan fingerprint density at radius 2 is 2.05 bits per heavy atom. The van der Waals surface area contributed by atoms with Crippen LogP contribution in [0.25, 0.3) is 10.9 Å². The number of carbonyl (C=O) groups is 1. The summed E-state index contributed by atoms with van der Waals surface area (Å²) in [5, 5.41) is 3.94. The molecule has 0 aliphatic carbocycles. The number of carbonyl (C=O) groups excluding carboxylic acids is 1. The Morgan fingerprint density at radius 3 is 2.76 bits per heavy atom. The molecule has 0 fully saturated rings. The number of fused-ring (bicyclic) bond motifs is 1. The zero-order chi connectivity index (χ0) is 15.0. The van der Waals surface area contributed by atoms with E-state index in [2.05, 4.69) is 42.2 Å². The number of rotatable bonds is 2. The monoisotopic (exact) mass is 424 g/mol. The molecule has 0 bridgehead atoms. The smallest absolute Gasteiger partial charge is 0.265 e. The number of benzene rings is 1. The zero-order valence-electron chi connectivity index (χ0n) is 11.0. The fourth-order valence-electron chi connectivity index (χ4n) is 1.99. The number of hydrogen-bond donors (Lipinski definition) is 1. The van der Waals surface area contributed by atoms with Gasteiger partial charge in [0, 0.05) is 15.6 Å². The SMILES string of the molecule is Cc1ccc2cccc(NC(=O)c3cc(Br)c(Br)s3)c2n1. The fourth-order valence-corrected chi connectivity index (χ4v) is 3.92. The van der Waals surface area contributed by atoms with Gasteiger partial charge < -0.3 is 5.32 Å². The van der Waals surface area contributed by atoms with E-state index in [0.717, 1.165) is 30.5 Å².